The number of carbonyl (C=O) groups excluding carboxylic acids is 1. The van der Waals surface area contributed by atoms with Crippen LogP contribution in [-0.4, -0.2) is 22.5 Å². The maximum atomic E-state index is 12.4. The van der Waals surface area contributed by atoms with E-state index >= 15 is 0 Å². The second kappa shape index (κ2) is 7.36. The van der Waals surface area contributed by atoms with Crippen LogP contribution in [0.5, 0.6) is 11.5 Å². The Hall–Kier alpha value is -3.32. The third-order valence-electron chi connectivity index (χ3n) is 4.30. The molecule has 1 aromatic heterocycles. The van der Waals surface area contributed by atoms with Gasteiger partial charge in [-0.3, -0.25) is 9.59 Å². The lowest BCUT2D eigenvalue weighted by Gasteiger charge is -2.10. The Morgan fingerprint density at radius 2 is 1.96 bits per heavy atom. The predicted octanol–water partition coefficient (Wildman–Crippen LogP) is 3.24. The zero-order valence-electron chi connectivity index (χ0n) is 14.9. The predicted molar refractivity (Wildman–Crippen MR) is 105 cm³/mol. The zero-order chi connectivity index (χ0) is 19.7. The molecule has 0 spiro atoms. The summed E-state index contributed by atoms with van der Waals surface area (Å²) < 4.78 is 11.8. The number of fused-ring (bicyclic) bond motifs is 1. The molecule has 2 heterocycles. The molecular formula is C20H16ClN3O4. The zero-order valence-corrected chi connectivity index (χ0v) is 15.7. The molecule has 0 radical (unpaired) electrons. The van der Waals surface area contributed by atoms with E-state index in [-0.39, 0.29) is 24.8 Å². The number of benzene rings is 2. The molecule has 0 unspecified atom stereocenters. The number of rotatable bonds is 4. The van der Waals surface area contributed by atoms with Gasteiger partial charge in [0.1, 0.15) is 6.54 Å². The van der Waals surface area contributed by atoms with Gasteiger partial charge in [0.25, 0.3) is 5.56 Å². The molecule has 1 N–H and O–H groups in total. The van der Waals surface area contributed by atoms with Crippen molar-refractivity contribution in [1.82, 2.24) is 9.78 Å². The summed E-state index contributed by atoms with van der Waals surface area (Å²) in [6.07, 6.45) is 0. The Balaban J connectivity index is 1.56. The van der Waals surface area contributed by atoms with Crippen LogP contribution in [0.1, 0.15) is 5.56 Å². The first-order valence-corrected chi connectivity index (χ1v) is 8.91. The number of ether oxygens (including phenoxy) is 2. The molecule has 0 atom stereocenters. The minimum atomic E-state index is -0.373. The van der Waals surface area contributed by atoms with Crippen LogP contribution in [0.3, 0.4) is 0 Å². The van der Waals surface area contributed by atoms with Crippen LogP contribution in [0.2, 0.25) is 5.02 Å². The van der Waals surface area contributed by atoms with Gasteiger partial charge in [0.05, 0.1) is 5.69 Å². The van der Waals surface area contributed by atoms with E-state index in [0.717, 1.165) is 15.8 Å². The first kappa shape index (κ1) is 18.1. The molecule has 1 aliphatic rings. The number of aromatic nitrogens is 2. The van der Waals surface area contributed by atoms with E-state index in [9.17, 15) is 9.59 Å². The van der Waals surface area contributed by atoms with Crippen LogP contribution in [-0.2, 0) is 11.3 Å². The summed E-state index contributed by atoms with van der Waals surface area (Å²) in [6.45, 7) is 1.81. The van der Waals surface area contributed by atoms with Crippen LogP contribution in [0.4, 0.5) is 5.69 Å². The molecule has 0 aliphatic carbocycles. The summed E-state index contributed by atoms with van der Waals surface area (Å²) in [7, 11) is 0. The minimum Gasteiger partial charge on any atom is -0.454 e. The van der Waals surface area contributed by atoms with Crippen LogP contribution < -0.4 is 20.3 Å². The molecule has 0 fully saturated rings. The van der Waals surface area contributed by atoms with Crippen LogP contribution in [0.25, 0.3) is 11.3 Å². The SMILES string of the molecule is Cc1ccc(Cl)cc1NC(=O)Cn1nc(-c2ccc3c(c2)OCO3)ccc1=O. The van der Waals surface area contributed by atoms with E-state index in [1.807, 2.05) is 19.1 Å². The molecule has 0 bridgehead atoms. The Morgan fingerprint density at radius 3 is 2.82 bits per heavy atom. The summed E-state index contributed by atoms with van der Waals surface area (Å²) in [5.74, 6) is 0.905. The van der Waals surface area contributed by atoms with Gasteiger partial charge in [-0.1, -0.05) is 17.7 Å². The molecule has 1 amide bonds. The van der Waals surface area contributed by atoms with Crippen molar-refractivity contribution in [2.24, 2.45) is 0 Å². The van der Waals surface area contributed by atoms with E-state index in [4.69, 9.17) is 21.1 Å². The van der Waals surface area contributed by atoms with Gasteiger partial charge < -0.3 is 14.8 Å². The normalized spacial score (nSPS) is 12.1. The second-order valence-electron chi connectivity index (χ2n) is 6.29. The maximum absolute atomic E-state index is 12.4. The highest BCUT2D eigenvalue weighted by Crippen LogP contribution is 2.35. The van der Waals surface area contributed by atoms with Gasteiger partial charge >= 0.3 is 0 Å². The summed E-state index contributed by atoms with van der Waals surface area (Å²) in [5, 5.41) is 7.59. The van der Waals surface area contributed by atoms with Crippen molar-refractivity contribution in [1.29, 1.82) is 0 Å². The standard InChI is InChI=1S/C20H16ClN3O4/c1-12-2-4-14(21)9-16(12)22-19(25)10-24-20(26)7-5-15(23-24)13-3-6-17-18(8-13)28-11-27-17/h2-9H,10-11H2,1H3,(H,22,25). The van der Waals surface area contributed by atoms with Gasteiger partial charge in [0.15, 0.2) is 11.5 Å². The molecule has 7 nitrogen and oxygen atoms in total. The molecule has 8 heteroatoms. The highest BCUT2D eigenvalue weighted by Gasteiger charge is 2.15. The number of aryl methyl sites for hydroxylation is 1. The summed E-state index contributed by atoms with van der Waals surface area (Å²) in [4.78, 5) is 24.6. The number of carbonyl (C=O) groups is 1. The number of halogens is 1. The Labute approximate surface area is 165 Å². The van der Waals surface area contributed by atoms with Gasteiger partial charge in [-0.15, -0.1) is 0 Å². The lowest BCUT2D eigenvalue weighted by Crippen LogP contribution is -2.29. The van der Waals surface area contributed by atoms with Gasteiger partial charge in [0, 0.05) is 22.3 Å². The van der Waals surface area contributed by atoms with E-state index in [2.05, 4.69) is 10.4 Å². The minimum absolute atomic E-state index is 0.175. The molecule has 1 aliphatic heterocycles. The number of hydrogen-bond donors (Lipinski definition) is 1. The summed E-state index contributed by atoms with van der Waals surface area (Å²) >= 11 is 5.98. The highest BCUT2D eigenvalue weighted by molar-refractivity contribution is 6.31. The number of nitrogens with one attached hydrogen (secondary N) is 1. The molecule has 142 valence electrons. The quantitative estimate of drug-likeness (QED) is 0.730. The van der Waals surface area contributed by atoms with Crippen molar-refractivity contribution in [3.63, 3.8) is 0 Å². The summed E-state index contributed by atoms with van der Waals surface area (Å²) in [6, 6.07) is 13.6. The van der Waals surface area contributed by atoms with Gasteiger partial charge in [0.2, 0.25) is 12.7 Å². The maximum Gasteiger partial charge on any atom is 0.267 e. The van der Waals surface area contributed by atoms with E-state index in [1.54, 1.807) is 30.3 Å². The van der Waals surface area contributed by atoms with Crippen LogP contribution in [0.15, 0.2) is 53.3 Å². The van der Waals surface area contributed by atoms with E-state index < -0.39 is 0 Å². The van der Waals surface area contributed by atoms with Crippen molar-refractivity contribution < 1.29 is 14.3 Å². The molecular weight excluding hydrogens is 382 g/mol. The van der Waals surface area contributed by atoms with E-state index in [1.165, 1.54) is 6.07 Å². The van der Waals surface area contributed by atoms with Crippen molar-refractivity contribution in [2.45, 2.75) is 13.5 Å². The summed E-state index contributed by atoms with van der Waals surface area (Å²) in [5.41, 5.74) is 2.39. The molecule has 0 saturated carbocycles. The average molecular weight is 398 g/mol. The Bertz CT molecular complexity index is 1130. The molecule has 4 rings (SSSR count). The van der Waals surface area contributed by atoms with Crippen molar-refractivity contribution in [3.05, 3.63) is 69.5 Å². The van der Waals surface area contributed by atoms with Gasteiger partial charge in [-0.05, 0) is 48.9 Å². The number of hydrogen-bond acceptors (Lipinski definition) is 5. The molecule has 2 aromatic carbocycles. The van der Waals surface area contributed by atoms with Crippen molar-refractivity contribution in [3.8, 4) is 22.8 Å². The van der Waals surface area contributed by atoms with Crippen LogP contribution in [0, 0.1) is 6.92 Å². The number of anilines is 1. The van der Waals surface area contributed by atoms with Crippen LogP contribution >= 0.6 is 11.6 Å². The fraction of sp³-hybridized carbons (Fsp3) is 0.150. The third kappa shape index (κ3) is 3.70. The lowest BCUT2D eigenvalue weighted by atomic mass is 10.1. The first-order valence-electron chi connectivity index (χ1n) is 8.54. The topological polar surface area (TPSA) is 82.5 Å². The largest absolute Gasteiger partial charge is 0.454 e. The average Bonchev–Trinajstić information content (AvgIpc) is 3.14. The Morgan fingerprint density at radius 1 is 1.14 bits per heavy atom. The fourth-order valence-electron chi connectivity index (χ4n) is 2.83. The molecule has 0 saturated heterocycles. The van der Waals surface area contributed by atoms with Crippen molar-refractivity contribution in [2.75, 3.05) is 12.1 Å². The number of nitrogens with zero attached hydrogens (tertiary/aromatic N) is 2. The van der Waals surface area contributed by atoms with Gasteiger partial charge in [-0.2, -0.15) is 5.10 Å². The monoisotopic (exact) mass is 397 g/mol. The van der Waals surface area contributed by atoms with Gasteiger partial charge in [-0.25, -0.2) is 4.68 Å². The smallest absolute Gasteiger partial charge is 0.267 e. The van der Waals surface area contributed by atoms with Crippen molar-refractivity contribution >= 4 is 23.2 Å². The number of amides is 1. The third-order valence-corrected chi connectivity index (χ3v) is 4.54. The fourth-order valence-corrected chi connectivity index (χ4v) is 3.00. The molecule has 28 heavy (non-hydrogen) atoms. The molecule has 3 aromatic rings. The van der Waals surface area contributed by atoms with E-state index in [0.29, 0.717) is 27.9 Å². The lowest BCUT2D eigenvalue weighted by molar-refractivity contribution is -0.117. The highest BCUT2D eigenvalue weighted by atomic mass is 35.5. The second-order valence-corrected chi connectivity index (χ2v) is 6.73. The first-order chi connectivity index (χ1) is 13.5. The Kier molecular flexibility index (Phi) is 4.75.